The molecule has 0 aliphatic carbocycles. The molecule has 4 rings (SSSR count). The molecule has 0 radical (unpaired) electrons. The molecular weight excluding hydrogens is 391 g/mol. The smallest absolute Gasteiger partial charge is 0.144 e. The monoisotopic (exact) mass is 404 g/mol. The Morgan fingerprint density at radius 1 is 1.09 bits per heavy atom. The van der Waals surface area contributed by atoms with E-state index in [1.165, 1.54) is 0 Å². The van der Waals surface area contributed by atoms with Gasteiger partial charge in [0.15, 0.2) is 0 Å². The first-order chi connectivity index (χ1) is 10.8. The van der Waals surface area contributed by atoms with Gasteiger partial charge in [0.1, 0.15) is 5.82 Å². The lowest BCUT2D eigenvalue weighted by Crippen LogP contribution is -2.06. The number of aryl methyl sites for hydroxylation is 1. The molecule has 2 N–H and O–H groups in total. The highest BCUT2D eigenvalue weighted by Crippen LogP contribution is 2.27. The summed E-state index contributed by atoms with van der Waals surface area (Å²) < 4.78 is 7.17. The number of aromatic nitrogens is 4. The topological polar surface area (TPSA) is 59.7 Å². The maximum Gasteiger partial charge on any atom is 0.144 e. The maximum atomic E-state index is 4.33. The van der Waals surface area contributed by atoms with E-state index in [1.807, 2.05) is 42.3 Å². The summed E-state index contributed by atoms with van der Waals surface area (Å²) in [5, 5.41) is 2.16. The molecule has 4 aromatic heterocycles. The number of pyridine rings is 2. The van der Waals surface area contributed by atoms with Crippen LogP contribution in [-0.2, 0) is 7.05 Å². The summed E-state index contributed by atoms with van der Waals surface area (Å²) in [7, 11) is 2.03. The zero-order chi connectivity index (χ0) is 15.1. The van der Waals surface area contributed by atoms with Crippen molar-refractivity contribution in [3.63, 3.8) is 0 Å². The van der Waals surface area contributed by atoms with Gasteiger partial charge in [-0.25, -0.2) is 4.98 Å². The zero-order valence-corrected chi connectivity index (χ0v) is 13.9. The van der Waals surface area contributed by atoms with Crippen molar-refractivity contribution < 1.29 is 0 Å². The van der Waals surface area contributed by atoms with Crippen LogP contribution in [0, 0.1) is 0 Å². The van der Waals surface area contributed by atoms with Gasteiger partial charge in [-0.1, -0.05) is 0 Å². The van der Waals surface area contributed by atoms with Crippen LogP contribution in [0.25, 0.3) is 21.8 Å². The highest BCUT2D eigenvalue weighted by molar-refractivity contribution is 14.1. The third-order valence-electron chi connectivity index (χ3n) is 3.74. The Labute approximate surface area is 140 Å². The van der Waals surface area contributed by atoms with E-state index in [9.17, 15) is 0 Å². The molecule has 0 aliphatic heterocycles. The van der Waals surface area contributed by atoms with E-state index < -0.39 is 0 Å². The fourth-order valence-electron chi connectivity index (χ4n) is 2.69. The van der Waals surface area contributed by atoms with Gasteiger partial charge >= 0.3 is 0 Å². The van der Waals surface area contributed by atoms with Crippen molar-refractivity contribution in [3.8, 4) is 0 Å². The summed E-state index contributed by atoms with van der Waals surface area (Å²) in [6.07, 6.45) is 9.55. The molecule has 110 valence electrons. The molecule has 0 spiro atoms. The van der Waals surface area contributed by atoms with E-state index >= 15 is 0 Å². The molecule has 0 aromatic carbocycles. The third kappa shape index (κ3) is 2.00. The van der Waals surface area contributed by atoms with Crippen LogP contribution in [-0.4, -0.2) is 19.2 Å². The summed E-state index contributed by atoms with van der Waals surface area (Å²) in [4.78, 5) is 8.55. The van der Waals surface area contributed by atoms with Crippen molar-refractivity contribution in [3.05, 3.63) is 49.2 Å². The van der Waals surface area contributed by atoms with Crippen molar-refractivity contribution in [1.29, 1.82) is 0 Å². The second kappa shape index (κ2) is 5.16. The molecule has 0 aliphatic rings. The van der Waals surface area contributed by atoms with E-state index in [0.29, 0.717) is 0 Å². The van der Waals surface area contributed by atoms with Gasteiger partial charge in [0, 0.05) is 48.8 Å². The van der Waals surface area contributed by atoms with Gasteiger partial charge in [0.05, 0.1) is 39.6 Å². The van der Waals surface area contributed by atoms with Crippen LogP contribution in [0.2, 0.25) is 0 Å². The molecule has 4 aromatic rings. The summed E-state index contributed by atoms with van der Waals surface area (Å²) in [6.45, 7) is 0. The van der Waals surface area contributed by atoms with Crippen LogP contribution in [0.5, 0.6) is 0 Å². The summed E-state index contributed by atoms with van der Waals surface area (Å²) in [5.74, 6) is 0.859. The minimum atomic E-state index is 0.859. The van der Waals surface area contributed by atoms with E-state index in [1.54, 1.807) is 12.4 Å². The predicted molar refractivity (Wildman–Crippen MR) is 97.1 cm³/mol. The summed E-state index contributed by atoms with van der Waals surface area (Å²) in [6, 6.07) is 6.04. The molecule has 6 nitrogen and oxygen atoms in total. The molecule has 0 amide bonds. The lowest BCUT2D eigenvalue weighted by Gasteiger charge is -2.08. The average molecular weight is 404 g/mol. The van der Waals surface area contributed by atoms with Crippen molar-refractivity contribution >= 4 is 56.2 Å². The number of anilines is 2. The molecule has 0 unspecified atom stereocenters. The van der Waals surface area contributed by atoms with Crippen molar-refractivity contribution in [2.24, 2.45) is 7.05 Å². The van der Waals surface area contributed by atoms with Crippen molar-refractivity contribution in [2.45, 2.75) is 0 Å². The maximum absolute atomic E-state index is 4.33. The lowest BCUT2D eigenvalue weighted by atomic mass is 10.3. The van der Waals surface area contributed by atoms with Crippen molar-refractivity contribution in [2.75, 3.05) is 8.96 Å². The Hall–Kier alpha value is -2.29. The molecule has 7 heteroatoms. The first-order valence-electron chi connectivity index (χ1n) is 6.76. The zero-order valence-electron chi connectivity index (χ0n) is 11.8. The van der Waals surface area contributed by atoms with Gasteiger partial charge in [0.25, 0.3) is 0 Å². The fourth-order valence-corrected chi connectivity index (χ4v) is 3.12. The van der Waals surface area contributed by atoms with Gasteiger partial charge < -0.3 is 8.10 Å². The Bertz CT molecular complexity index is 971. The number of fused-ring (bicyclic) bond motifs is 2. The Kier molecular flexibility index (Phi) is 3.14. The third-order valence-corrected chi connectivity index (χ3v) is 4.25. The van der Waals surface area contributed by atoms with E-state index in [-0.39, 0.29) is 0 Å². The van der Waals surface area contributed by atoms with E-state index in [4.69, 9.17) is 0 Å². The first-order valence-corrected chi connectivity index (χ1v) is 7.84. The number of hydrogen-bond acceptors (Lipinski definition) is 4. The molecule has 0 fully saturated rings. The highest BCUT2D eigenvalue weighted by atomic mass is 127. The molecule has 0 saturated heterocycles. The molecule has 4 heterocycles. The minimum Gasteiger partial charge on any atom is -0.348 e. The largest absolute Gasteiger partial charge is 0.348 e. The van der Waals surface area contributed by atoms with Gasteiger partial charge in [0.2, 0.25) is 0 Å². The molecule has 0 bridgehead atoms. The Morgan fingerprint density at radius 2 is 1.95 bits per heavy atom. The highest BCUT2D eigenvalue weighted by Gasteiger charge is 2.09. The molecular formula is C15H13IN6. The van der Waals surface area contributed by atoms with Crippen LogP contribution >= 0.6 is 22.9 Å². The standard InChI is InChI=1S/C15H13IN6/c1-21-9-12(11-8-17-5-2-13(11)21)20-22-7-4-10-14(22)3-6-18-15(10)19-16/h2-9,20H,1H3,(H,18,19). The molecule has 0 saturated carbocycles. The van der Waals surface area contributed by atoms with Crippen LogP contribution in [0.1, 0.15) is 0 Å². The summed E-state index contributed by atoms with van der Waals surface area (Å²) in [5.41, 5.74) is 6.67. The van der Waals surface area contributed by atoms with Crippen molar-refractivity contribution in [1.82, 2.24) is 19.2 Å². The number of halogens is 1. The average Bonchev–Trinajstić information content (AvgIpc) is 3.10. The number of rotatable bonds is 3. The molecule has 0 atom stereocenters. The van der Waals surface area contributed by atoms with E-state index in [2.05, 4.69) is 52.6 Å². The van der Waals surface area contributed by atoms with Gasteiger partial charge in [-0.05, 0) is 18.2 Å². The van der Waals surface area contributed by atoms with Crippen LogP contribution in [0.15, 0.2) is 49.2 Å². The quantitative estimate of drug-likeness (QED) is 0.405. The predicted octanol–water partition coefficient (Wildman–Crippen LogP) is 3.56. The first kappa shape index (κ1) is 13.4. The number of hydrogen-bond donors (Lipinski definition) is 2. The normalized spacial score (nSPS) is 11.2. The second-order valence-corrected chi connectivity index (χ2v) is 5.57. The number of nitrogens with one attached hydrogen (secondary N) is 2. The minimum absolute atomic E-state index is 0.859. The lowest BCUT2D eigenvalue weighted by molar-refractivity contribution is 0.956. The van der Waals surface area contributed by atoms with Gasteiger partial charge in [-0.15, -0.1) is 0 Å². The summed E-state index contributed by atoms with van der Waals surface area (Å²) >= 11 is 2.10. The number of nitrogens with zero attached hydrogens (tertiary/aromatic N) is 4. The van der Waals surface area contributed by atoms with E-state index in [0.717, 1.165) is 33.3 Å². The Morgan fingerprint density at radius 3 is 2.82 bits per heavy atom. The van der Waals surface area contributed by atoms with Gasteiger partial charge in [-0.3, -0.25) is 15.1 Å². The Balaban J connectivity index is 1.83. The SMILES string of the molecule is Cn1cc(Nn2ccc3c(NI)nccc32)c2cnccc21. The molecule has 22 heavy (non-hydrogen) atoms. The van der Waals surface area contributed by atoms with Crippen LogP contribution in [0.4, 0.5) is 11.5 Å². The fraction of sp³-hybridized carbons (Fsp3) is 0.0667. The van der Waals surface area contributed by atoms with Crippen LogP contribution in [0.3, 0.4) is 0 Å². The second-order valence-electron chi connectivity index (χ2n) is 5.03. The van der Waals surface area contributed by atoms with Gasteiger partial charge in [-0.2, -0.15) is 0 Å². The van der Waals surface area contributed by atoms with Crippen LogP contribution < -0.4 is 8.96 Å².